The maximum Gasteiger partial charge on any atom is 0.251 e. The van der Waals surface area contributed by atoms with E-state index in [1.165, 1.54) is 6.92 Å². The smallest absolute Gasteiger partial charge is 0.251 e. The molecule has 8 heteroatoms. The van der Waals surface area contributed by atoms with E-state index >= 15 is 0 Å². The number of hydrogen-bond acceptors (Lipinski definition) is 7. The predicted molar refractivity (Wildman–Crippen MR) is 126 cm³/mol. The fraction of sp³-hybridized carbons (Fsp3) is 0.346. The lowest BCUT2D eigenvalue weighted by atomic mass is 10.1. The number of carbonyl (C=O) groups is 1. The van der Waals surface area contributed by atoms with Gasteiger partial charge in [-0.3, -0.25) is 9.78 Å². The SMILES string of the molecule is Cc1ccc(Cc2nccc(-c3ccc(OC4CCN(C(=O)[C@H](C)O)CC4)c(C#N)c3)n2)cn1. The van der Waals surface area contributed by atoms with Gasteiger partial charge in [-0.2, -0.15) is 5.26 Å². The first-order valence-electron chi connectivity index (χ1n) is 11.3. The van der Waals surface area contributed by atoms with Gasteiger partial charge in [-0.25, -0.2) is 9.97 Å². The van der Waals surface area contributed by atoms with E-state index in [0.29, 0.717) is 49.5 Å². The van der Waals surface area contributed by atoms with E-state index in [2.05, 4.69) is 21.0 Å². The van der Waals surface area contributed by atoms with Crippen molar-refractivity contribution in [2.75, 3.05) is 13.1 Å². The first kappa shape index (κ1) is 23.3. The molecule has 34 heavy (non-hydrogen) atoms. The molecule has 0 radical (unpaired) electrons. The number of aliphatic hydroxyl groups excluding tert-OH is 1. The second-order valence-electron chi connectivity index (χ2n) is 8.48. The van der Waals surface area contributed by atoms with Gasteiger partial charge in [-0.05, 0) is 49.7 Å². The zero-order chi connectivity index (χ0) is 24.1. The first-order valence-corrected chi connectivity index (χ1v) is 11.3. The highest BCUT2D eigenvalue weighted by Crippen LogP contribution is 2.28. The van der Waals surface area contributed by atoms with Gasteiger partial charge < -0.3 is 14.7 Å². The highest BCUT2D eigenvalue weighted by Gasteiger charge is 2.26. The number of hydrogen-bond donors (Lipinski definition) is 1. The molecule has 1 amide bonds. The van der Waals surface area contributed by atoms with E-state index in [-0.39, 0.29) is 12.0 Å². The monoisotopic (exact) mass is 457 g/mol. The zero-order valence-electron chi connectivity index (χ0n) is 19.3. The summed E-state index contributed by atoms with van der Waals surface area (Å²) in [5, 5.41) is 19.2. The van der Waals surface area contributed by atoms with Crippen LogP contribution in [0.5, 0.6) is 5.75 Å². The van der Waals surface area contributed by atoms with E-state index < -0.39 is 6.10 Å². The number of aryl methyl sites for hydroxylation is 1. The van der Waals surface area contributed by atoms with Crippen LogP contribution < -0.4 is 4.74 Å². The largest absolute Gasteiger partial charge is 0.489 e. The lowest BCUT2D eigenvalue weighted by Crippen LogP contribution is -2.45. The summed E-state index contributed by atoms with van der Waals surface area (Å²) in [4.78, 5) is 27.0. The molecule has 8 nitrogen and oxygen atoms in total. The summed E-state index contributed by atoms with van der Waals surface area (Å²) in [6.07, 6.45) is 4.33. The number of likely N-dealkylation sites (tertiary alicyclic amines) is 1. The first-order chi connectivity index (χ1) is 16.4. The molecule has 0 aliphatic carbocycles. The number of ether oxygens (including phenoxy) is 1. The molecule has 4 rings (SSSR count). The fourth-order valence-electron chi connectivity index (χ4n) is 3.95. The van der Waals surface area contributed by atoms with Gasteiger partial charge in [0.1, 0.15) is 29.9 Å². The number of aromatic nitrogens is 3. The maximum absolute atomic E-state index is 12.0. The average Bonchev–Trinajstić information content (AvgIpc) is 2.86. The van der Waals surface area contributed by atoms with Crippen LogP contribution in [0.15, 0.2) is 48.8 Å². The molecule has 174 valence electrons. The van der Waals surface area contributed by atoms with Gasteiger partial charge >= 0.3 is 0 Å². The van der Waals surface area contributed by atoms with Gasteiger partial charge in [0.2, 0.25) is 0 Å². The second kappa shape index (κ2) is 10.4. The minimum Gasteiger partial charge on any atom is -0.489 e. The summed E-state index contributed by atoms with van der Waals surface area (Å²) in [7, 11) is 0. The molecule has 1 aliphatic rings. The highest BCUT2D eigenvalue weighted by atomic mass is 16.5. The number of pyridine rings is 1. The van der Waals surface area contributed by atoms with Crippen molar-refractivity contribution in [1.29, 1.82) is 5.26 Å². The van der Waals surface area contributed by atoms with Gasteiger partial charge in [0, 0.05) is 56.0 Å². The number of carbonyl (C=O) groups excluding carboxylic acids is 1. The topological polar surface area (TPSA) is 112 Å². The molecular weight excluding hydrogens is 430 g/mol. The van der Waals surface area contributed by atoms with Crippen molar-refractivity contribution in [2.45, 2.75) is 45.3 Å². The number of aliphatic hydroxyl groups is 1. The third kappa shape index (κ3) is 5.56. The van der Waals surface area contributed by atoms with E-state index in [9.17, 15) is 15.2 Å². The Kier molecular flexibility index (Phi) is 7.14. The third-order valence-electron chi connectivity index (χ3n) is 5.84. The van der Waals surface area contributed by atoms with Crippen LogP contribution in [0.4, 0.5) is 0 Å². The zero-order valence-corrected chi connectivity index (χ0v) is 19.3. The average molecular weight is 458 g/mol. The van der Waals surface area contributed by atoms with Gasteiger partial charge in [0.25, 0.3) is 5.91 Å². The molecule has 1 fully saturated rings. The van der Waals surface area contributed by atoms with Crippen LogP contribution >= 0.6 is 0 Å². The lowest BCUT2D eigenvalue weighted by Gasteiger charge is -2.33. The molecule has 2 aromatic heterocycles. The molecule has 1 aromatic carbocycles. The predicted octanol–water partition coefficient (Wildman–Crippen LogP) is 3.06. The summed E-state index contributed by atoms with van der Waals surface area (Å²) < 4.78 is 6.11. The summed E-state index contributed by atoms with van der Waals surface area (Å²) in [5.74, 6) is 0.940. The summed E-state index contributed by atoms with van der Waals surface area (Å²) >= 11 is 0. The summed E-state index contributed by atoms with van der Waals surface area (Å²) in [6.45, 7) is 4.47. The molecule has 0 saturated carbocycles. The second-order valence-corrected chi connectivity index (χ2v) is 8.48. The third-order valence-corrected chi connectivity index (χ3v) is 5.84. The van der Waals surface area contributed by atoms with E-state index in [1.54, 1.807) is 23.2 Å². The number of nitriles is 1. The van der Waals surface area contributed by atoms with Crippen molar-refractivity contribution in [2.24, 2.45) is 0 Å². The highest BCUT2D eigenvalue weighted by molar-refractivity contribution is 5.80. The Labute approximate surface area is 198 Å². The summed E-state index contributed by atoms with van der Waals surface area (Å²) in [6, 6.07) is 13.5. The minimum absolute atomic E-state index is 0.0928. The van der Waals surface area contributed by atoms with Crippen molar-refractivity contribution in [3.63, 3.8) is 0 Å². The molecule has 3 aromatic rings. The van der Waals surface area contributed by atoms with E-state index in [1.807, 2.05) is 37.4 Å². The van der Waals surface area contributed by atoms with Crippen molar-refractivity contribution in [3.05, 3.63) is 71.4 Å². The molecule has 0 unspecified atom stereocenters. The Morgan fingerprint density at radius 1 is 1.24 bits per heavy atom. The maximum atomic E-state index is 12.0. The van der Waals surface area contributed by atoms with Gasteiger partial charge in [0.15, 0.2) is 0 Å². The van der Waals surface area contributed by atoms with Crippen LogP contribution in [-0.4, -0.2) is 56.2 Å². The fourth-order valence-corrected chi connectivity index (χ4v) is 3.95. The normalized spacial score (nSPS) is 14.9. The Balaban J connectivity index is 1.45. The summed E-state index contributed by atoms with van der Waals surface area (Å²) in [5.41, 5.74) is 3.97. The Morgan fingerprint density at radius 3 is 2.71 bits per heavy atom. The molecule has 3 heterocycles. The minimum atomic E-state index is -0.994. The molecular formula is C26H27N5O3. The quantitative estimate of drug-likeness (QED) is 0.605. The molecule has 0 spiro atoms. The van der Waals surface area contributed by atoms with Gasteiger partial charge in [-0.15, -0.1) is 0 Å². The Morgan fingerprint density at radius 2 is 2.03 bits per heavy atom. The van der Waals surface area contributed by atoms with Crippen LogP contribution in [0.2, 0.25) is 0 Å². The van der Waals surface area contributed by atoms with E-state index in [4.69, 9.17) is 4.74 Å². The lowest BCUT2D eigenvalue weighted by molar-refractivity contribution is -0.141. The number of nitrogens with zero attached hydrogens (tertiary/aromatic N) is 5. The Bertz CT molecular complexity index is 1200. The molecule has 1 aliphatic heterocycles. The van der Waals surface area contributed by atoms with Crippen LogP contribution in [0.1, 0.15) is 42.4 Å². The van der Waals surface area contributed by atoms with Crippen LogP contribution in [-0.2, 0) is 11.2 Å². The van der Waals surface area contributed by atoms with Crippen LogP contribution in [0, 0.1) is 18.3 Å². The molecule has 1 atom stereocenters. The van der Waals surface area contributed by atoms with Crippen LogP contribution in [0.25, 0.3) is 11.3 Å². The number of amides is 1. The molecule has 1 saturated heterocycles. The van der Waals surface area contributed by atoms with Crippen LogP contribution in [0.3, 0.4) is 0 Å². The van der Waals surface area contributed by atoms with Gasteiger partial charge in [-0.1, -0.05) is 6.07 Å². The van der Waals surface area contributed by atoms with Crippen molar-refractivity contribution < 1.29 is 14.6 Å². The molecule has 0 bridgehead atoms. The van der Waals surface area contributed by atoms with Crippen molar-refractivity contribution in [1.82, 2.24) is 19.9 Å². The molecule has 1 N–H and O–H groups in total. The Hall–Kier alpha value is -3.83. The number of benzene rings is 1. The van der Waals surface area contributed by atoms with Crippen molar-refractivity contribution >= 4 is 5.91 Å². The van der Waals surface area contributed by atoms with Gasteiger partial charge in [0.05, 0.1) is 11.3 Å². The standard InChI is InChI=1S/C26H27N5O3/c1-17-3-4-19(16-29-17)13-25-28-10-7-23(30-25)20-5-6-24(21(14-20)15-27)34-22-8-11-31(12-9-22)26(33)18(2)32/h3-7,10,14,16,18,22,32H,8-9,11-13H2,1-2H3/t18-/m0/s1. The van der Waals surface area contributed by atoms with E-state index in [0.717, 1.165) is 22.5 Å². The number of piperidine rings is 1. The number of rotatable bonds is 6. The van der Waals surface area contributed by atoms with Crippen molar-refractivity contribution in [3.8, 4) is 23.1 Å².